The monoisotopic (exact) mass is 348 g/mol. The predicted octanol–water partition coefficient (Wildman–Crippen LogP) is 5.18. The predicted molar refractivity (Wildman–Crippen MR) is 100 cm³/mol. The molecule has 4 rings (SSSR count). The van der Waals surface area contributed by atoms with E-state index in [1.807, 2.05) is 37.3 Å². The lowest BCUT2D eigenvalue weighted by Gasteiger charge is -2.25. The number of rotatable bonds is 2. The molecule has 0 atom stereocenters. The Bertz CT molecular complexity index is 1020. The standard InChI is InChI=1S/C21H17FN2O2/c1-13-5-3-4-6-19(13)24-20-10-8-15(26-2)12-18(20)23-17-11-14(22)7-9-16(17)21(24)25/h3-12,23H,1-2H3. The van der Waals surface area contributed by atoms with Crippen molar-refractivity contribution in [2.24, 2.45) is 0 Å². The molecule has 1 amide bonds. The van der Waals surface area contributed by atoms with Gasteiger partial charge in [-0.15, -0.1) is 0 Å². The van der Waals surface area contributed by atoms with Gasteiger partial charge in [0.05, 0.1) is 35.4 Å². The molecule has 1 N–H and O–H groups in total. The average Bonchev–Trinajstić information content (AvgIpc) is 2.75. The fraction of sp³-hybridized carbons (Fsp3) is 0.0952. The molecular formula is C21H17FN2O2. The van der Waals surface area contributed by atoms with Gasteiger partial charge in [-0.25, -0.2) is 4.39 Å². The van der Waals surface area contributed by atoms with Gasteiger partial charge in [-0.3, -0.25) is 9.69 Å². The first kappa shape index (κ1) is 16.1. The van der Waals surface area contributed by atoms with Crippen LogP contribution in [0, 0.1) is 12.7 Å². The maximum atomic E-state index is 13.8. The second kappa shape index (κ2) is 6.19. The fourth-order valence-corrected chi connectivity index (χ4v) is 3.17. The molecule has 0 saturated carbocycles. The van der Waals surface area contributed by atoms with Gasteiger partial charge in [-0.2, -0.15) is 0 Å². The number of amides is 1. The van der Waals surface area contributed by atoms with Crippen molar-refractivity contribution in [1.82, 2.24) is 0 Å². The van der Waals surface area contributed by atoms with Crippen molar-refractivity contribution in [1.29, 1.82) is 0 Å². The Morgan fingerprint density at radius 3 is 2.54 bits per heavy atom. The lowest BCUT2D eigenvalue weighted by Crippen LogP contribution is -2.25. The Kier molecular flexibility index (Phi) is 3.84. The minimum atomic E-state index is -0.405. The number of benzene rings is 3. The number of nitrogens with one attached hydrogen (secondary N) is 1. The molecule has 0 fully saturated rings. The highest BCUT2D eigenvalue weighted by molar-refractivity contribution is 6.17. The first-order chi connectivity index (χ1) is 12.6. The zero-order chi connectivity index (χ0) is 18.3. The van der Waals surface area contributed by atoms with Crippen LogP contribution >= 0.6 is 0 Å². The maximum Gasteiger partial charge on any atom is 0.265 e. The highest BCUT2D eigenvalue weighted by atomic mass is 19.1. The van der Waals surface area contributed by atoms with Gasteiger partial charge in [0.15, 0.2) is 0 Å². The first-order valence-corrected chi connectivity index (χ1v) is 8.23. The van der Waals surface area contributed by atoms with E-state index in [1.165, 1.54) is 18.2 Å². The first-order valence-electron chi connectivity index (χ1n) is 8.23. The summed E-state index contributed by atoms with van der Waals surface area (Å²) < 4.78 is 19.1. The van der Waals surface area contributed by atoms with Crippen molar-refractivity contribution in [2.45, 2.75) is 6.92 Å². The van der Waals surface area contributed by atoms with E-state index >= 15 is 0 Å². The molecule has 3 aromatic rings. The molecule has 1 heterocycles. The number of anilines is 4. The van der Waals surface area contributed by atoms with E-state index in [9.17, 15) is 9.18 Å². The summed E-state index contributed by atoms with van der Waals surface area (Å²) in [6.07, 6.45) is 0. The van der Waals surface area contributed by atoms with Crippen molar-refractivity contribution >= 4 is 28.7 Å². The van der Waals surface area contributed by atoms with E-state index in [4.69, 9.17) is 4.74 Å². The van der Waals surface area contributed by atoms with Gasteiger partial charge in [0.1, 0.15) is 11.6 Å². The van der Waals surface area contributed by atoms with E-state index in [-0.39, 0.29) is 5.91 Å². The topological polar surface area (TPSA) is 41.6 Å². The Balaban J connectivity index is 2.00. The minimum absolute atomic E-state index is 0.217. The van der Waals surface area contributed by atoms with Crippen molar-refractivity contribution in [3.05, 3.63) is 77.6 Å². The normalized spacial score (nSPS) is 12.7. The highest BCUT2D eigenvalue weighted by Gasteiger charge is 2.29. The third-order valence-corrected chi connectivity index (χ3v) is 4.49. The molecule has 5 heteroatoms. The summed E-state index contributed by atoms with van der Waals surface area (Å²) in [5.74, 6) is 0.0249. The largest absolute Gasteiger partial charge is 0.497 e. The zero-order valence-corrected chi connectivity index (χ0v) is 14.4. The van der Waals surface area contributed by atoms with E-state index in [0.29, 0.717) is 28.4 Å². The van der Waals surface area contributed by atoms with Crippen LogP contribution in [-0.2, 0) is 0 Å². The zero-order valence-electron chi connectivity index (χ0n) is 14.4. The van der Waals surface area contributed by atoms with Crippen LogP contribution in [0.15, 0.2) is 60.7 Å². The number of aryl methyl sites for hydroxylation is 1. The van der Waals surface area contributed by atoms with E-state index < -0.39 is 5.82 Å². The van der Waals surface area contributed by atoms with Gasteiger partial charge in [0.25, 0.3) is 5.91 Å². The Hall–Kier alpha value is -3.34. The number of carbonyl (C=O) groups excluding carboxylic acids is 1. The molecule has 0 unspecified atom stereocenters. The van der Waals surface area contributed by atoms with E-state index in [0.717, 1.165) is 11.3 Å². The van der Waals surface area contributed by atoms with Gasteiger partial charge in [0, 0.05) is 6.07 Å². The summed E-state index contributed by atoms with van der Waals surface area (Å²) in [5.41, 5.74) is 3.94. The molecule has 4 nitrogen and oxygen atoms in total. The number of methoxy groups -OCH3 is 1. The van der Waals surface area contributed by atoms with E-state index in [2.05, 4.69) is 5.32 Å². The molecule has 0 saturated heterocycles. The molecule has 1 aliphatic heterocycles. The van der Waals surface area contributed by atoms with Gasteiger partial charge < -0.3 is 10.1 Å². The summed E-state index contributed by atoms with van der Waals surface area (Å²) in [7, 11) is 1.58. The molecule has 26 heavy (non-hydrogen) atoms. The number of hydrogen-bond donors (Lipinski definition) is 1. The second-order valence-corrected chi connectivity index (χ2v) is 6.13. The minimum Gasteiger partial charge on any atom is -0.497 e. The number of halogens is 1. The number of carbonyl (C=O) groups is 1. The SMILES string of the molecule is COc1ccc2c(c1)Nc1cc(F)ccc1C(=O)N2c1ccccc1C. The van der Waals surface area contributed by atoms with Crippen LogP contribution in [0.5, 0.6) is 5.75 Å². The molecule has 0 spiro atoms. The third-order valence-electron chi connectivity index (χ3n) is 4.49. The van der Waals surface area contributed by atoms with Crippen molar-refractivity contribution < 1.29 is 13.9 Å². The number of fused-ring (bicyclic) bond motifs is 2. The van der Waals surface area contributed by atoms with Crippen LogP contribution in [0.4, 0.5) is 27.1 Å². The number of hydrogen-bond acceptors (Lipinski definition) is 3. The molecule has 0 radical (unpaired) electrons. The van der Waals surface area contributed by atoms with Gasteiger partial charge in [-0.05, 0) is 48.9 Å². The molecule has 130 valence electrons. The Morgan fingerprint density at radius 2 is 1.77 bits per heavy atom. The quantitative estimate of drug-likeness (QED) is 0.694. The maximum absolute atomic E-state index is 13.8. The lowest BCUT2D eigenvalue weighted by molar-refractivity contribution is 0.100. The smallest absolute Gasteiger partial charge is 0.265 e. The summed E-state index contributed by atoms with van der Waals surface area (Å²) in [6, 6.07) is 17.2. The summed E-state index contributed by atoms with van der Waals surface area (Å²) in [6.45, 7) is 1.95. The lowest BCUT2D eigenvalue weighted by atomic mass is 10.1. The highest BCUT2D eigenvalue weighted by Crippen LogP contribution is 2.42. The fourth-order valence-electron chi connectivity index (χ4n) is 3.17. The summed E-state index contributed by atoms with van der Waals surface area (Å²) in [4.78, 5) is 15.0. The molecular weight excluding hydrogens is 331 g/mol. The van der Waals surface area contributed by atoms with Crippen LogP contribution in [0.2, 0.25) is 0 Å². The number of para-hydroxylation sites is 1. The Labute approximate surface area is 150 Å². The van der Waals surface area contributed by atoms with Crippen LogP contribution in [0.1, 0.15) is 15.9 Å². The van der Waals surface area contributed by atoms with Crippen LogP contribution in [-0.4, -0.2) is 13.0 Å². The molecule has 0 bridgehead atoms. The van der Waals surface area contributed by atoms with Crippen LogP contribution < -0.4 is 15.0 Å². The van der Waals surface area contributed by atoms with Crippen LogP contribution in [0.25, 0.3) is 0 Å². The third kappa shape index (κ3) is 2.58. The van der Waals surface area contributed by atoms with Crippen molar-refractivity contribution in [3.63, 3.8) is 0 Å². The average molecular weight is 348 g/mol. The van der Waals surface area contributed by atoms with E-state index in [1.54, 1.807) is 24.1 Å². The van der Waals surface area contributed by atoms with Gasteiger partial charge >= 0.3 is 0 Å². The molecule has 0 aliphatic carbocycles. The molecule has 3 aromatic carbocycles. The summed E-state index contributed by atoms with van der Waals surface area (Å²) >= 11 is 0. The molecule has 1 aliphatic rings. The Morgan fingerprint density at radius 1 is 0.962 bits per heavy atom. The number of nitrogens with zero attached hydrogens (tertiary/aromatic N) is 1. The van der Waals surface area contributed by atoms with Gasteiger partial charge in [-0.1, -0.05) is 18.2 Å². The second-order valence-electron chi connectivity index (χ2n) is 6.13. The van der Waals surface area contributed by atoms with Gasteiger partial charge in [0.2, 0.25) is 0 Å². The number of ether oxygens (including phenoxy) is 1. The molecule has 0 aromatic heterocycles. The van der Waals surface area contributed by atoms with Crippen molar-refractivity contribution in [2.75, 3.05) is 17.3 Å². The van der Waals surface area contributed by atoms with Crippen LogP contribution in [0.3, 0.4) is 0 Å². The van der Waals surface area contributed by atoms with Crippen molar-refractivity contribution in [3.8, 4) is 5.75 Å². The summed E-state index contributed by atoms with van der Waals surface area (Å²) in [5, 5.41) is 3.19.